The van der Waals surface area contributed by atoms with E-state index in [1.165, 1.54) is 21.8 Å². The summed E-state index contributed by atoms with van der Waals surface area (Å²) < 4.78 is 2.84. The van der Waals surface area contributed by atoms with Crippen LogP contribution in [0.15, 0.2) is 12.5 Å². The minimum absolute atomic E-state index is 0.0481. The van der Waals surface area contributed by atoms with Crippen molar-refractivity contribution in [2.24, 2.45) is 7.05 Å². The Balaban J connectivity index is 2.43. The molecule has 0 amide bonds. The minimum Gasteiger partial charge on any atom is -0.476 e. The maximum atomic E-state index is 10.5. The van der Waals surface area contributed by atoms with E-state index in [9.17, 15) is 4.79 Å². The zero-order valence-corrected chi connectivity index (χ0v) is 7.19. The van der Waals surface area contributed by atoms with Gasteiger partial charge in [-0.05, 0) is 10.4 Å². The van der Waals surface area contributed by atoms with E-state index in [4.69, 9.17) is 5.11 Å². The molecule has 8 nitrogen and oxygen atoms in total. The summed E-state index contributed by atoms with van der Waals surface area (Å²) in [5.41, 5.74) is -0.0481. The maximum Gasteiger partial charge on any atom is 0.356 e. The Kier molecular flexibility index (Phi) is 1.73. The molecule has 8 heteroatoms. The van der Waals surface area contributed by atoms with Gasteiger partial charge in [0, 0.05) is 13.2 Å². The predicted molar refractivity (Wildman–Crippen MR) is 42.9 cm³/mol. The number of rotatable bonds is 2. The second-order valence-electron chi connectivity index (χ2n) is 2.57. The molecule has 0 aliphatic rings. The van der Waals surface area contributed by atoms with Crippen molar-refractivity contribution in [3.63, 3.8) is 0 Å². The number of carboxylic acid groups (broad SMARTS) is 1. The summed E-state index contributed by atoms with van der Waals surface area (Å²) in [4.78, 5) is 14.2. The lowest BCUT2D eigenvalue weighted by atomic mass is 10.5. The molecule has 0 aliphatic heterocycles. The smallest absolute Gasteiger partial charge is 0.356 e. The van der Waals surface area contributed by atoms with Gasteiger partial charge in [0.1, 0.15) is 6.33 Å². The van der Waals surface area contributed by atoms with E-state index in [1.807, 2.05) is 0 Å². The van der Waals surface area contributed by atoms with Crippen LogP contribution in [0.5, 0.6) is 0 Å². The first-order valence-corrected chi connectivity index (χ1v) is 3.68. The summed E-state index contributed by atoms with van der Waals surface area (Å²) in [5, 5.41) is 19.3. The molecular weight excluding hydrogens is 188 g/mol. The van der Waals surface area contributed by atoms with Crippen molar-refractivity contribution in [1.29, 1.82) is 0 Å². The van der Waals surface area contributed by atoms with Crippen LogP contribution in [0.1, 0.15) is 10.5 Å². The Morgan fingerprint density at radius 3 is 2.86 bits per heavy atom. The maximum absolute atomic E-state index is 10.5. The number of hydrogen-bond donors (Lipinski definition) is 1. The molecule has 0 spiro atoms. The molecule has 0 atom stereocenters. The summed E-state index contributed by atoms with van der Waals surface area (Å²) in [7, 11) is 1.65. The summed E-state index contributed by atoms with van der Waals surface area (Å²) in [5.74, 6) is -0.677. The largest absolute Gasteiger partial charge is 0.476 e. The molecule has 0 bridgehead atoms. The van der Waals surface area contributed by atoms with Gasteiger partial charge in [0.15, 0.2) is 5.69 Å². The number of tetrazole rings is 1. The molecule has 2 rings (SSSR count). The highest BCUT2D eigenvalue weighted by Crippen LogP contribution is 2.02. The van der Waals surface area contributed by atoms with Gasteiger partial charge in [-0.1, -0.05) is 5.10 Å². The highest BCUT2D eigenvalue weighted by molar-refractivity contribution is 5.85. The average molecular weight is 194 g/mol. The third-order valence-electron chi connectivity index (χ3n) is 1.63. The van der Waals surface area contributed by atoms with Crippen LogP contribution in [-0.4, -0.2) is 40.8 Å². The van der Waals surface area contributed by atoms with Crippen molar-refractivity contribution in [3.8, 4) is 5.95 Å². The van der Waals surface area contributed by atoms with Gasteiger partial charge < -0.3 is 5.11 Å². The standard InChI is InChI=1S/C6H6N6O2/c1-11-6(8-9-10-11)12-2-4(5(13)14)7-3-12/h2-3H,1H3,(H,13,14). The first kappa shape index (κ1) is 8.35. The fourth-order valence-electron chi connectivity index (χ4n) is 0.986. The third-order valence-corrected chi connectivity index (χ3v) is 1.63. The second kappa shape index (κ2) is 2.91. The summed E-state index contributed by atoms with van der Waals surface area (Å²) in [6.07, 6.45) is 2.68. The van der Waals surface area contributed by atoms with Gasteiger partial charge >= 0.3 is 5.97 Å². The van der Waals surface area contributed by atoms with Crippen LogP contribution in [0.3, 0.4) is 0 Å². The first-order valence-electron chi connectivity index (χ1n) is 3.68. The lowest BCUT2D eigenvalue weighted by Crippen LogP contribution is -2.02. The average Bonchev–Trinajstić information content (AvgIpc) is 2.71. The molecule has 72 valence electrons. The van der Waals surface area contributed by atoms with E-state index in [0.29, 0.717) is 5.95 Å². The van der Waals surface area contributed by atoms with Gasteiger partial charge in [-0.15, -0.1) is 0 Å². The number of aromatic carboxylic acids is 1. The second-order valence-corrected chi connectivity index (χ2v) is 2.57. The minimum atomic E-state index is -1.08. The molecule has 0 saturated carbocycles. The van der Waals surface area contributed by atoms with E-state index in [-0.39, 0.29) is 5.69 Å². The number of carbonyl (C=O) groups is 1. The van der Waals surface area contributed by atoms with Crippen molar-refractivity contribution in [2.75, 3.05) is 0 Å². The van der Waals surface area contributed by atoms with Crippen molar-refractivity contribution in [2.45, 2.75) is 0 Å². The van der Waals surface area contributed by atoms with E-state index in [0.717, 1.165) is 0 Å². The van der Waals surface area contributed by atoms with Crippen LogP contribution in [-0.2, 0) is 7.05 Å². The normalized spacial score (nSPS) is 10.4. The zero-order valence-electron chi connectivity index (χ0n) is 7.19. The monoisotopic (exact) mass is 194 g/mol. The van der Waals surface area contributed by atoms with Crippen molar-refractivity contribution in [1.82, 2.24) is 29.8 Å². The SMILES string of the molecule is Cn1nnnc1-n1cnc(C(=O)O)c1. The quantitative estimate of drug-likeness (QED) is 0.664. The molecule has 0 aromatic carbocycles. The number of aryl methyl sites for hydroxylation is 1. The van der Waals surface area contributed by atoms with E-state index in [2.05, 4.69) is 20.5 Å². The molecule has 0 radical (unpaired) electrons. The van der Waals surface area contributed by atoms with E-state index >= 15 is 0 Å². The number of carboxylic acids is 1. The summed E-state index contributed by atoms with van der Waals surface area (Å²) in [6, 6.07) is 0. The fourth-order valence-corrected chi connectivity index (χ4v) is 0.986. The number of nitrogens with zero attached hydrogens (tertiary/aromatic N) is 6. The van der Waals surface area contributed by atoms with Gasteiger partial charge in [0.05, 0.1) is 0 Å². The molecule has 2 heterocycles. The van der Waals surface area contributed by atoms with Gasteiger partial charge in [-0.3, -0.25) is 4.57 Å². The van der Waals surface area contributed by atoms with Gasteiger partial charge in [0.2, 0.25) is 0 Å². The Morgan fingerprint density at radius 2 is 2.36 bits per heavy atom. The Bertz CT molecular complexity index is 472. The highest BCUT2D eigenvalue weighted by atomic mass is 16.4. The van der Waals surface area contributed by atoms with Crippen molar-refractivity contribution in [3.05, 3.63) is 18.2 Å². The number of aromatic nitrogens is 6. The molecular formula is C6H6N6O2. The molecule has 0 fully saturated rings. The number of hydrogen-bond acceptors (Lipinski definition) is 5. The molecule has 2 aromatic rings. The van der Waals surface area contributed by atoms with Gasteiger partial charge in [-0.25, -0.2) is 14.5 Å². The van der Waals surface area contributed by atoms with Gasteiger partial charge in [0.25, 0.3) is 5.95 Å². The van der Waals surface area contributed by atoms with Crippen molar-refractivity contribution < 1.29 is 9.90 Å². The molecule has 0 aliphatic carbocycles. The van der Waals surface area contributed by atoms with Crippen LogP contribution >= 0.6 is 0 Å². The zero-order chi connectivity index (χ0) is 10.1. The van der Waals surface area contributed by atoms with Crippen LogP contribution in [0.2, 0.25) is 0 Å². The van der Waals surface area contributed by atoms with Gasteiger partial charge in [-0.2, -0.15) is 0 Å². The van der Waals surface area contributed by atoms with Crippen molar-refractivity contribution >= 4 is 5.97 Å². The molecule has 2 aromatic heterocycles. The molecule has 1 N–H and O–H groups in total. The first-order chi connectivity index (χ1) is 6.68. The van der Waals surface area contributed by atoms with Crippen LogP contribution in [0, 0.1) is 0 Å². The lowest BCUT2D eigenvalue weighted by molar-refractivity contribution is 0.0691. The lowest BCUT2D eigenvalue weighted by Gasteiger charge is -1.95. The molecule has 14 heavy (non-hydrogen) atoms. The predicted octanol–water partition coefficient (Wildman–Crippen LogP) is -0.906. The van der Waals surface area contributed by atoms with E-state index in [1.54, 1.807) is 7.05 Å². The Morgan fingerprint density at radius 1 is 1.57 bits per heavy atom. The summed E-state index contributed by atoms with van der Waals surface area (Å²) in [6.45, 7) is 0. The summed E-state index contributed by atoms with van der Waals surface area (Å²) >= 11 is 0. The van der Waals surface area contributed by atoms with Crippen LogP contribution < -0.4 is 0 Å². The molecule has 0 saturated heterocycles. The van der Waals surface area contributed by atoms with E-state index < -0.39 is 5.97 Å². The molecule has 0 unspecified atom stereocenters. The van der Waals surface area contributed by atoms with Crippen LogP contribution in [0.25, 0.3) is 5.95 Å². The highest BCUT2D eigenvalue weighted by Gasteiger charge is 2.10. The third kappa shape index (κ3) is 1.22. The Hall–Kier alpha value is -2.25. The topological polar surface area (TPSA) is 98.7 Å². The Labute approximate surface area is 77.8 Å². The number of imidazole rings is 1. The fraction of sp³-hybridized carbons (Fsp3) is 0.167. The van der Waals surface area contributed by atoms with Crippen LogP contribution in [0.4, 0.5) is 0 Å².